The van der Waals surface area contributed by atoms with E-state index in [1.807, 2.05) is 17.8 Å². The average Bonchev–Trinajstić information content (AvgIpc) is 3.03. The number of nitrogens with zero attached hydrogens (tertiary/aromatic N) is 2. The normalized spacial score (nSPS) is 10.2. The molecule has 0 atom stereocenters. The summed E-state index contributed by atoms with van der Waals surface area (Å²) in [5.41, 5.74) is -5.48. The van der Waals surface area contributed by atoms with Crippen molar-refractivity contribution in [1.82, 2.24) is 9.55 Å². The van der Waals surface area contributed by atoms with Gasteiger partial charge in [-0.05, 0) is 0 Å². The minimum absolute atomic E-state index is 0. The number of carboxylic acid groups (broad SMARTS) is 6. The number of rotatable bonds is 10. The van der Waals surface area contributed by atoms with Crippen LogP contribution in [0.1, 0.15) is 27.1 Å². The molecule has 0 radical (unpaired) electrons. The second kappa shape index (κ2) is 16.2. The monoisotopic (exact) mass is 506 g/mol. The van der Waals surface area contributed by atoms with E-state index < -0.39 is 72.7 Å². The van der Waals surface area contributed by atoms with E-state index in [2.05, 4.69) is 4.98 Å². The van der Waals surface area contributed by atoms with Crippen LogP contribution in [-0.2, 0) is 35.8 Å². The Kier molecular flexibility index (Phi) is 17.3. The van der Waals surface area contributed by atoms with Crippen LogP contribution in [-0.4, -0.2) is 97.4 Å². The molecule has 0 fully saturated rings. The number of hydrogen-bond acceptors (Lipinski definition) is 9. The van der Waals surface area contributed by atoms with Crippen LogP contribution in [0.25, 0.3) is 0 Å². The van der Waals surface area contributed by atoms with E-state index in [1.54, 1.807) is 12.5 Å². The molecule has 0 aliphatic rings. The molecule has 182 valence electrons. The predicted molar refractivity (Wildman–Crippen MR) is 98.5 cm³/mol. The largest absolute Gasteiger partial charge is 1.00 e. The minimum atomic E-state index is -2.74. The van der Waals surface area contributed by atoms with Crippen molar-refractivity contribution < 1.29 is 122 Å². The van der Waals surface area contributed by atoms with Gasteiger partial charge in [-0.1, -0.05) is 0 Å². The first-order valence-electron chi connectivity index (χ1n) is 8.16. The first kappa shape index (κ1) is 35.2. The number of carbonyl (C=O) groups is 6. The number of aliphatic carboxylic acids is 6. The maximum Gasteiger partial charge on any atom is 1.00 e. The molecule has 1 aromatic rings. The van der Waals surface area contributed by atoms with Gasteiger partial charge >= 0.3 is 87.2 Å². The van der Waals surface area contributed by atoms with Gasteiger partial charge < -0.3 is 46.8 Å². The van der Waals surface area contributed by atoms with Crippen LogP contribution in [0.15, 0.2) is 18.7 Å². The van der Waals surface area contributed by atoms with Gasteiger partial charge in [0.05, 0.1) is 32.0 Å². The van der Waals surface area contributed by atoms with Crippen LogP contribution >= 0.6 is 0 Å². The summed E-state index contributed by atoms with van der Waals surface area (Å²) in [6, 6.07) is 0. The van der Waals surface area contributed by atoms with Gasteiger partial charge in [0, 0.05) is 19.4 Å². The summed E-state index contributed by atoms with van der Waals surface area (Å²) in [4.78, 5) is 64.8. The molecule has 1 rings (SSSR count). The Bertz CT molecular complexity index is 746. The van der Waals surface area contributed by atoms with E-state index in [1.165, 1.54) is 0 Å². The SMILES string of the molecule is Cn1ccnc1.O=C(O)CC(O)(CC(=O)O)C(=O)O.O=C(O)CC(O)(CC(=O)O)C(=O)O.[H-].[K+]. The fourth-order valence-electron chi connectivity index (χ4n) is 1.75. The molecule has 16 nitrogen and oxygen atoms in total. The smallest absolute Gasteiger partial charge is 1.00 e. The molecule has 0 unspecified atom stereocenters. The molecule has 0 aliphatic heterocycles. The summed E-state index contributed by atoms with van der Waals surface area (Å²) in [5, 5.41) is 67.6. The molecule has 0 aliphatic carbocycles. The van der Waals surface area contributed by atoms with Crippen molar-refractivity contribution in [3.05, 3.63) is 18.7 Å². The van der Waals surface area contributed by atoms with Gasteiger partial charge in [-0.25, -0.2) is 14.6 Å². The molecule has 17 heteroatoms. The molecule has 0 amide bonds. The third kappa shape index (κ3) is 16.8. The minimum Gasteiger partial charge on any atom is -1.00 e. The molecule has 1 aromatic heterocycles. The third-order valence-corrected chi connectivity index (χ3v) is 3.21. The Morgan fingerprint density at radius 1 is 0.727 bits per heavy atom. The topological polar surface area (TPSA) is 282 Å². The molecule has 1 heterocycles. The molecule has 0 aromatic carbocycles. The second-order valence-corrected chi connectivity index (χ2v) is 6.18. The Hall–Kier alpha value is -2.41. The number of aromatic nitrogens is 2. The first-order chi connectivity index (χ1) is 14.4. The van der Waals surface area contributed by atoms with Crippen LogP contribution in [0.4, 0.5) is 0 Å². The first-order valence-corrected chi connectivity index (χ1v) is 8.16. The summed E-state index contributed by atoms with van der Waals surface area (Å²) >= 11 is 0. The standard InChI is InChI=1S/2C6H8O7.C4H6N2.K.H/c2*7-3(8)1-6(13,5(11)12)2-4(9)10;1-6-3-2-5-4-6;;/h2*13H,1-2H2,(H,7,8)(H,9,10)(H,11,12);2-4H,1H3;;/q;;;+1;-1. The third-order valence-electron chi connectivity index (χ3n) is 3.21. The van der Waals surface area contributed by atoms with Gasteiger partial charge in [-0.3, -0.25) is 19.2 Å². The van der Waals surface area contributed by atoms with Crippen molar-refractivity contribution >= 4 is 35.8 Å². The zero-order valence-corrected chi connectivity index (χ0v) is 20.6. The number of hydrogen-bond donors (Lipinski definition) is 8. The van der Waals surface area contributed by atoms with E-state index in [4.69, 9.17) is 40.9 Å². The van der Waals surface area contributed by atoms with Gasteiger partial charge in [0.15, 0.2) is 11.2 Å². The van der Waals surface area contributed by atoms with Crippen LogP contribution in [0.3, 0.4) is 0 Å². The molecule has 0 saturated carbocycles. The Balaban J connectivity index is -0.000000204. The predicted octanol–water partition coefficient (Wildman–Crippen LogP) is -4.96. The van der Waals surface area contributed by atoms with E-state index in [0.717, 1.165) is 0 Å². The van der Waals surface area contributed by atoms with Crippen LogP contribution in [0.5, 0.6) is 0 Å². The number of aliphatic hydroxyl groups is 2. The summed E-state index contributed by atoms with van der Waals surface area (Å²) in [6.45, 7) is 0. The molecule has 0 saturated heterocycles. The van der Waals surface area contributed by atoms with E-state index in [-0.39, 0.29) is 52.8 Å². The molecular weight excluding hydrogens is 483 g/mol. The fourth-order valence-corrected chi connectivity index (χ4v) is 1.75. The van der Waals surface area contributed by atoms with E-state index >= 15 is 0 Å². The summed E-state index contributed by atoms with van der Waals surface area (Å²) in [5.74, 6) is -10.0. The summed E-state index contributed by atoms with van der Waals surface area (Å²) in [6.07, 6.45) is 0.812. The van der Waals surface area contributed by atoms with Crippen molar-refractivity contribution in [1.29, 1.82) is 0 Å². The van der Waals surface area contributed by atoms with Gasteiger partial charge in [-0.15, -0.1) is 0 Å². The number of imidazole rings is 1. The summed E-state index contributed by atoms with van der Waals surface area (Å²) < 4.78 is 1.89. The molecular formula is C16H23KN2O14. The van der Waals surface area contributed by atoms with Gasteiger partial charge in [0.1, 0.15) is 0 Å². The fraction of sp³-hybridized carbons (Fsp3) is 0.438. The molecule has 33 heavy (non-hydrogen) atoms. The van der Waals surface area contributed by atoms with Crippen molar-refractivity contribution in [2.24, 2.45) is 7.05 Å². The average molecular weight is 506 g/mol. The Morgan fingerprint density at radius 2 is 1.00 bits per heavy atom. The molecule has 8 N–H and O–H groups in total. The Morgan fingerprint density at radius 3 is 1.09 bits per heavy atom. The number of carboxylic acids is 6. The van der Waals surface area contributed by atoms with Crippen molar-refractivity contribution in [3.8, 4) is 0 Å². The van der Waals surface area contributed by atoms with E-state index in [9.17, 15) is 28.8 Å². The summed E-state index contributed by atoms with van der Waals surface area (Å²) in [7, 11) is 1.94. The van der Waals surface area contributed by atoms with Crippen molar-refractivity contribution in [3.63, 3.8) is 0 Å². The van der Waals surface area contributed by atoms with Crippen molar-refractivity contribution in [2.75, 3.05) is 0 Å². The van der Waals surface area contributed by atoms with Crippen LogP contribution in [0.2, 0.25) is 0 Å². The zero-order valence-electron chi connectivity index (χ0n) is 18.5. The Labute approximate surface area is 229 Å². The van der Waals surface area contributed by atoms with Crippen LogP contribution < -0.4 is 51.4 Å². The van der Waals surface area contributed by atoms with E-state index in [0.29, 0.717) is 0 Å². The van der Waals surface area contributed by atoms with Gasteiger partial charge in [0.2, 0.25) is 0 Å². The zero-order chi connectivity index (χ0) is 25.7. The maximum absolute atomic E-state index is 10.3. The molecule has 0 spiro atoms. The van der Waals surface area contributed by atoms with Gasteiger partial charge in [-0.2, -0.15) is 0 Å². The quantitative estimate of drug-likeness (QED) is 0.138. The van der Waals surface area contributed by atoms with Crippen LogP contribution in [0, 0.1) is 0 Å². The second-order valence-electron chi connectivity index (χ2n) is 6.18. The van der Waals surface area contributed by atoms with Crippen molar-refractivity contribution in [2.45, 2.75) is 36.9 Å². The molecule has 0 bridgehead atoms. The maximum atomic E-state index is 10.3. The number of aryl methyl sites for hydroxylation is 1. The van der Waals surface area contributed by atoms with Gasteiger partial charge in [0.25, 0.3) is 0 Å².